The molecule has 8 aromatic carbocycles. The van der Waals surface area contributed by atoms with Crippen molar-refractivity contribution in [3.63, 3.8) is 0 Å². The molecule has 56 heavy (non-hydrogen) atoms. The predicted octanol–water partition coefficient (Wildman–Crippen LogP) is 13.3. The average Bonchev–Trinajstić information content (AvgIpc) is 3.22. The van der Waals surface area contributed by atoms with E-state index in [0.717, 1.165) is 72.3 Å². The van der Waals surface area contributed by atoms with Gasteiger partial charge >= 0.3 is 0 Å². The van der Waals surface area contributed by atoms with Gasteiger partial charge in [-0.15, -0.1) is 0 Å². The van der Waals surface area contributed by atoms with E-state index in [2.05, 4.69) is 167 Å². The minimum Gasteiger partial charge on any atom is -0.208 e. The Kier molecular flexibility index (Phi) is 8.76. The highest BCUT2D eigenvalue weighted by Gasteiger charge is 2.16. The van der Waals surface area contributed by atoms with Crippen molar-refractivity contribution in [3.05, 3.63) is 186 Å². The van der Waals surface area contributed by atoms with E-state index in [1.807, 2.05) is 24.3 Å². The van der Waals surface area contributed by atoms with Crippen LogP contribution < -0.4 is 0 Å². The van der Waals surface area contributed by atoms with Crippen LogP contribution >= 0.6 is 0 Å². The Hall–Kier alpha value is -7.22. The molecular weight excluding hydrogens is 681 g/mol. The second-order valence-electron chi connectivity index (χ2n) is 14.8. The van der Waals surface area contributed by atoms with Crippen molar-refractivity contribution in [3.8, 4) is 73.6 Å². The zero-order chi connectivity index (χ0) is 38.3. The average molecular weight is 719 g/mol. The van der Waals surface area contributed by atoms with Crippen molar-refractivity contribution in [1.82, 2.24) is 15.0 Å². The summed E-state index contributed by atoms with van der Waals surface area (Å²) in [4.78, 5) is 15.1. The monoisotopic (exact) mass is 718 g/mol. The lowest BCUT2D eigenvalue weighted by Crippen LogP contribution is -2.01. The van der Waals surface area contributed by atoms with Gasteiger partial charge in [0.2, 0.25) is 0 Å². The van der Waals surface area contributed by atoms with Crippen LogP contribution in [-0.2, 0) is 0 Å². The minimum absolute atomic E-state index is 0.582. The molecule has 4 heteroatoms. The van der Waals surface area contributed by atoms with Crippen molar-refractivity contribution in [2.75, 3.05) is 0 Å². The summed E-state index contributed by atoms with van der Waals surface area (Å²) in [6, 6.07) is 57.7. The number of aryl methyl sites for hydroxylation is 4. The van der Waals surface area contributed by atoms with Gasteiger partial charge in [0, 0.05) is 16.7 Å². The summed E-state index contributed by atoms with van der Waals surface area (Å²) in [7, 11) is 0. The topological polar surface area (TPSA) is 62.5 Å². The largest absolute Gasteiger partial charge is 0.208 e. The molecule has 9 rings (SSSR count). The summed E-state index contributed by atoms with van der Waals surface area (Å²) in [5.41, 5.74) is 14.1. The maximum Gasteiger partial charge on any atom is 0.164 e. The zero-order valence-electron chi connectivity index (χ0n) is 31.8. The lowest BCUT2D eigenvalue weighted by atomic mass is 9.92. The standard InChI is InChI=1S/C52H38N4/c1-32-21-33(2)24-44(23-32)51-54-50(55-52(56-51)45-25-34(3)22-35(4)26-45)43-13-8-12-41(30-43)47-19-17-40(29-46(47)31-53)38-11-7-10-37(27-38)39-18-20-49-42(28-39)16-15-36-9-5-6-14-48(36)49/h5-30H,1-4H3. The van der Waals surface area contributed by atoms with Crippen LogP contribution in [0.4, 0.5) is 0 Å². The summed E-state index contributed by atoms with van der Waals surface area (Å²) in [6.45, 7) is 8.36. The van der Waals surface area contributed by atoms with Gasteiger partial charge in [0.25, 0.3) is 0 Å². The third-order valence-corrected chi connectivity index (χ3v) is 10.4. The molecule has 1 heterocycles. The second-order valence-corrected chi connectivity index (χ2v) is 14.8. The minimum atomic E-state index is 0.582. The van der Waals surface area contributed by atoms with Crippen LogP contribution in [0.5, 0.6) is 0 Å². The molecule has 0 N–H and O–H groups in total. The first-order valence-electron chi connectivity index (χ1n) is 18.9. The summed E-state index contributed by atoms with van der Waals surface area (Å²) < 4.78 is 0. The van der Waals surface area contributed by atoms with Crippen LogP contribution in [0.1, 0.15) is 27.8 Å². The first-order chi connectivity index (χ1) is 27.3. The van der Waals surface area contributed by atoms with Gasteiger partial charge in [0.1, 0.15) is 0 Å². The van der Waals surface area contributed by atoms with Crippen LogP contribution in [0.2, 0.25) is 0 Å². The van der Waals surface area contributed by atoms with E-state index in [1.165, 1.54) is 21.5 Å². The van der Waals surface area contributed by atoms with Gasteiger partial charge < -0.3 is 0 Å². The molecule has 9 aromatic rings. The SMILES string of the molecule is Cc1cc(C)cc(-c2nc(-c3cc(C)cc(C)c3)nc(-c3cccc(-c4ccc(-c5cccc(-c6ccc7c(ccc8ccccc87)c6)c5)cc4C#N)c3)n2)c1. The molecule has 0 atom stereocenters. The number of rotatable bonds is 6. The molecule has 0 radical (unpaired) electrons. The van der Waals surface area contributed by atoms with Gasteiger partial charge in [-0.25, -0.2) is 15.0 Å². The van der Waals surface area contributed by atoms with E-state index in [4.69, 9.17) is 15.0 Å². The summed E-state index contributed by atoms with van der Waals surface area (Å²) in [6.07, 6.45) is 0. The molecular formula is C52H38N4. The van der Waals surface area contributed by atoms with Crippen LogP contribution in [0.15, 0.2) is 158 Å². The van der Waals surface area contributed by atoms with Crippen LogP contribution in [0, 0.1) is 39.0 Å². The third-order valence-electron chi connectivity index (χ3n) is 10.4. The molecule has 4 nitrogen and oxygen atoms in total. The van der Waals surface area contributed by atoms with Gasteiger partial charge in [-0.2, -0.15) is 5.26 Å². The first kappa shape index (κ1) is 34.5. The highest BCUT2D eigenvalue weighted by atomic mass is 15.0. The molecule has 266 valence electrons. The van der Waals surface area contributed by atoms with Crippen LogP contribution in [0.25, 0.3) is 89.1 Å². The molecule has 0 bridgehead atoms. The highest BCUT2D eigenvalue weighted by Crippen LogP contribution is 2.35. The molecule has 0 amide bonds. The number of nitriles is 1. The highest BCUT2D eigenvalue weighted by molar-refractivity contribution is 6.08. The fourth-order valence-electron chi connectivity index (χ4n) is 7.94. The Morgan fingerprint density at radius 3 is 1.48 bits per heavy atom. The van der Waals surface area contributed by atoms with Gasteiger partial charge in [-0.3, -0.25) is 0 Å². The van der Waals surface area contributed by atoms with E-state index in [1.54, 1.807) is 0 Å². The van der Waals surface area contributed by atoms with Gasteiger partial charge in [-0.1, -0.05) is 131 Å². The summed E-state index contributed by atoms with van der Waals surface area (Å²) in [5, 5.41) is 15.4. The van der Waals surface area contributed by atoms with E-state index >= 15 is 0 Å². The lowest BCUT2D eigenvalue weighted by Gasteiger charge is -2.12. The molecule has 0 saturated heterocycles. The molecule has 0 aliphatic carbocycles. The normalized spacial score (nSPS) is 11.2. The maximum atomic E-state index is 10.5. The quantitative estimate of drug-likeness (QED) is 0.161. The smallest absolute Gasteiger partial charge is 0.164 e. The Labute approximate surface area is 327 Å². The fourth-order valence-corrected chi connectivity index (χ4v) is 7.94. The molecule has 1 aromatic heterocycles. The molecule has 0 fully saturated rings. The number of benzene rings is 8. The summed E-state index contributed by atoms with van der Waals surface area (Å²) >= 11 is 0. The number of nitrogens with zero attached hydrogens (tertiary/aromatic N) is 4. The lowest BCUT2D eigenvalue weighted by molar-refractivity contribution is 1.07. The number of hydrogen-bond donors (Lipinski definition) is 0. The molecule has 0 saturated carbocycles. The van der Waals surface area contributed by atoms with Gasteiger partial charge in [0.05, 0.1) is 11.6 Å². The Bertz CT molecular complexity index is 2930. The third kappa shape index (κ3) is 6.72. The second kappa shape index (κ2) is 14.2. The van der Waals surface area contributed by atoms with Crippen molar-refractivity contribution in [2.45, 2.75) is 27.7 Å². The van der Waals surface area contributed by atoms with Gasteiger partial charge in [-0.05, 0) is 131 Å². The molecule has 0 unspecified atom stereocenters. The van der Waals surface area contributed by atoms with Crippen LogP contribution in [-0.4, -0.2) is 15.0 Å². The number of aromatic nitrogens is 3. The van der Waals surface area contributed by atoms with Crippen molar-refractivity contribution in [2.24, 2.45) is 0 Å². The van der Waals surface area contributed by atoms with E-state index in [-0.39, 0.29) is 0 Å². The number of hydrogen-bond acceptors (Lipinski definition) is 4. The maximum absolute atomic E-state index is 10.5. The number of fused-ring (bicyclic) bond motifs is 3. The van der Waals surface area contributed by atoms with Crippen molar-refractivity contribution in [1.29, 1.82) is 5.26 Å². The van der Waals surface area contributed by atoms with E-state index in [0.29, 0.717) is 23.0 Å². The van der Waals surface area contributed by atoms with E-state index in [9.17, 15) is 5.26 Å². The van der Waals surface area contributed by atoms with Gasteiger partial charge in [0.15, 0.2) is 17.5 Å². The van der Waals surface area contributed by atoms with E-state index < -0.39 is 0 Å². The van der Waals surface area contributed by atoms with Crippen LogP contribution in [0.3, 0.4) is 0 Å². The Morgan fingerprint density at radius 1 is 0.357 bits per heavy atom. The molecule has 0 spiro atoms. The fraction of sp³-hybridized carbons (Fsp3) is 0.0769. The Balaban J connectivity index is 1.08. The molecule has 0 aliphatic rings. The molecule has 0 aliphatic heterocycles. The Morgan fingerprint density at radius 2 is 0.839 bits per heavy atom. The van der Waals surface area contributed by atoms with Crippen molar-refractivity contribution >= 4 is 21.5 Å². The zero-order valence-corrected chi connectivity index (χ0v) is 31.8. The first-order valence-corrected chi connectivity index (χ1v) is 18.9. The predicted molar refractivity (Wildman–Crippen MR) is 231 cm³/mol. The van der Waals surface area contributed by atoms with Crippen molar-refractivity contribution < 1.29 is 0 Å². The summed E-state index contributed by atoms with van der Waals surface area (Å²) in [5.74, 6) is 1.84.